The van der Waals surface area contributed by atoms with Crippen LogP contribution in [0.3, 0.4) is 0 Å². The van der Waals surface area contributed by atoms with Crippen molar-refractivity contribution in [2.24, 2.45) is 0 Å². The summed E-state index contributed by atoms with van der Waals surface area (Å²) in [6, 6.07) is 32.9. The van der Waals surface area contributed by atoms with E-state index in [-0.39, 0.29) is 11.5 Å². The molecule has 0 saturated heterocycles. The number of rotatable bonds is 8. The number of aromatic carboxylic acids is 1. The van der Waals surface area contributed by atoms with E-state index in [0.29, 0.717) is 44.8 Å². The number of hydrogen-bond acceptors (Lipinski definition) is 6. The summed E-state index contributed by atoms with van der Waals surface area (Å²) in [5.41, 5.74) is 2.90. The molecule has 49 heavy (non-hydrogen) atoms. The van der Waals surface area contributed by atoms with Crippen LogP contribution in [0.4, 0.5) is 27.5 Å². The van der Waals surface area contributed by atoms with E-state index in [0.717, 1.165) is 16.2 Å². The molecule has 11 nitrogen and oxygen atoms in total. The van der Waals surface area contributed by atoms with Crippen LogP contribution in [0, 0.1) is 0 Å². The van der Waals surface area contributed by atoms with Gasteiger partial charge in [0.05, 0.1) is 18.2 Å². The van der Waals surface area contributed by atoms with Crippen LogP contribution < -0.4 is 21.3 Å². The minimum Gasteiger partial charge on any atom is -0.478 e. The lowest BCUT2D eigenvalue weighted by Gasteiger charge is -2.11. The molecule has 0 aliphatic rings. The Balaban J connectivity index is 1.12. The van der Waals surface area contributed by atoms with Crippen LogP contribution in [-0.2, 0) is 4.74 Å². The molecular weight excluding hydrogens is 624 g/mol. The molecule has 0 aliphatic heterocycles. The molecule has 0 unspecified atom stereocenters. The third-order valence-electron chi connectivity index (χ3n) is 7.63. The van der Waals surface area contributed by atoms with Crippen molar-refractivity contribution >= 4 is 74.1 Å². The van der Waals surface area contributed by atoms with Crippen molar-refractivity contribution in [3.8, 4) is 0 Å². The van der Waals surface area contributed by atoms with Crippen LogP contribution in [0.5, 0.6) is 0 Å². The van der Waals surface area contributed by atoms with E-state index in [1.807, 2.05) is 12.1 Å². The average Bonchev–Trinajstić information content (AvgIpc) is 3.10. The van der Waals surface area contributed by atoms with Gasteiger partial charge in [-0.3, -0.25) is 9.59 Å². The van der Waals surface area contributed by atoms with Crippen molar-refractivity contribution in [3.63, 3.8) is 0 Å². The zero-order valence-electron chi connectivity index (χ0n) is 25.9. The number of amides is 4. The number of carboxylic acid groups (broad SMARTS) is 1. The topological polar surface area (TPSA) is 163 Å². The Morgan fingerprint density at radius 1 is 0.469 bits per heavy atom. The molecule has 0 aromatic heterocycles. The highest BCUT2D eigenvalue weighted by atomic mass is 16.5. The Kier molecular flexibility index (Phi) is 8.98. The Morgan fingerprint density at radius 2 is 0.918 bits per heavy atom. The van der Waals surface area contributed by atoms with Gasteiger partial charge in [0.15, 0.2) is 0 Å². The molecular formula is C38H28N4O7. The first kappa shape index (κ1) is 32.0. The molecule has 6 rings (SSSR count). The van der Waals surface area contributed by atoms with Crippen LogP contribution in [-0.4, -0.2) is 42.0 Å². The molecule has 0 aliphatic carbocycles. The van der Waals surface area contributed by atoms with E-state index in [1.54, 1.807) is 91.0 Å². The number of carbonyl (C=O) groups excluding carboxylic acids is 4. The van der Waals surface area contributed by atoms with E-state index in [9.17, 15) is 29.1 Å². The number of esters is 1. The SMILES string of the molecule is COC(=O)c1cccc(NC(=O)c2ccc3ccc(NC(=O)Nc4ccc5ccc(C(=O)Nc6cccc(C(=O)O)c6)cc5c4)cc3c2)c1. The summed E-state index contributed by atoms with van der Waals surface area (Å²) in [6.07, 6.45) is 0. The Hall–Kier alpha value is -7.01. The van der Waals surface area contributed by atoms with Gasteiger partial charge in [0.1, 0.15) is 0 Å². The lowest BCUT2D eigenvalue weighted by Crippen LogP contribution is -2.19. The van der Waals surface area contributed by atoms with Crippen molar-refractivity contribution in [1.29, 1.82) is 0 Å². The normalized spacial score (nSPS) is 10.6. The van der Waals surface area contributed by atoms with Gasteiger partial charge < -0.3 is 31.1 Å². The second kappa shape index (κ2) is 13.8. The van der Waals surface area contributed by atoms with Gasteiger partial charge in [0, 0.05) is 33.9 Å². The van der Waals surface area contributed by atoms with Crippen LogP contribution in [0.15, 0.2) is 121 Å². The number of anilines is 4. The van der Waals surface area contributed by atoms with Crippen LogP contribution in [0.2, 0.25) is 0 Å². The number of methoxy groups -OCH3 is 1. The third kappa shape index (κ3) is 7.53. The maximum atomic E-state index is 13.0. The predicted octanol–water partition coefficient (Wildman–Crippen LogP) is 7.63. The average molecular weight is 653 g/mol. The molecule has 4 amide bonds. The molecule has 0 heterocycles. The Morgan fingerprint density at radius 3 is 1.41 bits per heavy atom. The van der Waals surface area contributed by atoms with Crippen molar-refractivity contribution in [3.05, 3.63) is 144 Å². The van der Waals surface area contributed by atoms with Gasteiger partial charge in [-0.05, 0) is 106 Å². The highest BCUT2D eigenvalue weighted by Crippen LogP contribution is 2.24. The predicted molar refractivity (Wildman–Crippen MR) is 188 cm³/mol. The number of benzene rings is 6. The lowest BCUT2D eigenvalue weighted by molar-refractivity contribution is 0.0599. The number of carbonyl (C=O) groups is 5. The number of carboxylic acids is 1. The van der Waals surface area contributed by atoms with Gasteiger partial charge >= 0.3 is 18.0 Å². The summed E-state index contributed by atoms with van der Waals surface area (Å²) in [4.78, 5) is 62.0. The maximum absolute atomic E-state index is 13.0. The fourth-order valence-corrected chi connectivity index (χ4v) is 5.20. The summed E-state index contributed by atoms with van der Waals surface area (Å²) < 4.78 is 4.74. The zero-order valence-corrected chi connectivity index (χ0v) is 25.9. The standard InChI is InChI=1S/C38H28N4O7/c1-49-37(47)27-5-3-7-31(19-27)40-35(44)25-11-9-23-13-15-33(21-29(23)17-25)42-38(48)41-32-14-12-22-8-10-24(16-28(22)20-32)34(43)39-30-6-2-4-26(18-30)36(45)46/h2-21H,1H3,(H,39,43)(H,40,44)(H,45,46)(H2,41,42,48). The van der Waals surface area contributed by atoms with E-state index < -0.39 is 23.9 Å². The van der Waals surface area contributed by atoms with Gasteiger partial charge in [0.2, 0.25) is 0 Å². The molecule has 0 spiro atoms. The summed E-state index contributed by atoms with van der Waals surface area (Å²) in [5, 5.41) is 23.5. The summed E-state index contributed by atoms with van der Waals surface area (Å²) in [7, 11) is 1.29. The van der Waals surface area contributed by atoms with Gasteiger partial charge in [-0.2, -0.15) is 0 Å². The molecule has 6 aromatic rings. The first-order valence-corrected chi connectivity index (χ1v) is 15.0. The van der Waals surface area contributed by atoms with E-state index in [1.165, 1.54) is 25.3 Å². The van der Waals surface area contributed by atoms with Crippen LogP contribution >= 0.6 is 0 Å². The van der Waals surface area contributed by atoms with Crippen molar-refractivity contribution in [1.82, 2.24) is 0 Å². The van der Waals surface area contributed by atoms with E-state index in [4.69, 9.17) is 4.74 Å². The van der Waals surface area contributed by atoms with Gasteiger partial charge in [-0.1, -0.05) is 36.4 Å². The van der Waals surface area contributed by atoms with E-state index in [2.05, 4.69) is 21.3 Å². The molecule has 0 bridgehead atoms. The zero-order chi connectivity index (χ0) is 34.5. The monoisotopic (exact) mass is 652 g/mol. The second-order valence-corrected chi connectivity index (χ2v) is 11.0. The van der Waals surface area contributed by atoms with Crippen molar-refractivity contribution in [2.45, 2.75) is 0 Å². The minimum absolute atomic E-state index is 0.0581. The lowest BCUT2D eigenvalue weighted by atomic mass is 10.1. The highest BCUT2D eigenvalue weighted by molar-refractivity contribution is 6.09. The highest BCUT2D eigenvalue weighted by Gasteiger charge is 2.13. The number of hydrogen-bond donors (Lipinski definition) is 5. The molecule has 0 saturated carbocycles. The van der Waals surface area contributed by atoms with Gasteiger partial charge in [-0.15, -0.1) is 0 Å². The quantitative estimate of drug-likeness (QED) is 0.106. The smallest absolute Gasteiger partial charge is 0.337 e. The number of fused-ring (bicyclic) bond motifs is 2. The molecule has 11 heteroatoms. The minimum atomic E-state index is -1.09. The van der Waals surface area contributed by atoms with Gasteiger partial charge in [-0.25, -0.2) is 14.4 Å². The Bertz CT molecular complexity index is 2300. The number of ether oxygens (including phenoxy) is 1. The molecule has 0 fully saturated rings. The molecule has 6 aromatic carbocycles. The molecule has 242 valence electrons. The Labute approximate surface area is 279 Å². The summed E-state index contributed by atoms with van der Waals surface area (Å²) >= 11 is 0. The molecule has 5 N–H and O–H groups in total. The fraction of sp³-hybridized carbons (Fsp3) is 0.0263. The largest absolute Gasteiger partial charge is 0.478 e. The van der Waals surface area contributed by atoms with Crippen LogP contribution in [0.1, 0.15) is 41.4 Å². The first-order chi connectivity index (χ1) is 23.6. The second-order valence-electron chi connectivity index (χ2n) is 11.0. The first-order valence-electron chi connectivity index (χ1n) is 15.0. The maximum Gasteiger partial charge on any atom is 0.337 e. The number of nitrogens with one attached hydrogen (secondary N) is 4. The summed E-state index contributed by atoms with van der Waals surface area (Å²) in [5.74, 6) is -2.39. The third-order valence-corrected chi connectivity index (χ3v) is 7.63. The van der Waals surface area contributed by atoms with E-state index >= 15 is 0 Å². The summed E-state index contributed by atoms with van der Waals surface area (Å²) in [6.45, 7) is 0. The fourth-order valence-electron chi connectivity index (χ4n) is 5.20. The molecule has 0 atom stereocenters. The molecule has 0 radical (unpaired) electrons. The van der Waals surface area contributed by atoms with Crippen molar-refractivity contribution < 1.29 is 33.8 Å². The van der Waals surface area contributed by atoms with Gasteiger partial charge in [0.25, 0.3) is 11.8 Å². The van der Waals surface area contributed by atoms with Crippen LogP contribution in [0.25, 0.3) is 21.5 Å². The van der Waals surface area contributed by atoms with Crippen molar-refractivity contribution in [2.75, 3.05) is 28.4 Å². The number of urea groups is 1.